The van der Waals surface area contributed by atoms with E-state index in [2.05, 4.69) is 4.99 Å². The summed E-state index contributed by atoms with van der Waals surface area (Å²) >= 11 is 28.9. The van der Waals surface area contributed by atoms with E-state index in [1.165, 1.54) is 6.08 Å². The lowest BCUT2D eigenvalue weighted by Gasteiger charge is -2.09. The van der Waals surface area contributed by atoms with Crippen LogP contribution in [0.4, 0.5) is 5.69 Å². The van der Waals surface area contributed by atoms with E-state index in [9.17, 15) is 4.79 Å². The Kier molecular flexibility index (Phi) is 4.72. The average Bonchev–Trinajstić information content (AvgIpc) is 2.24. The van der Waals surface area contributed by atoms with Gasteiger partial charge < -0.3 is 0 Å². The van der Waals surface area contributed by atoms with Crippen LogP contribution in [0.3, 0.4) is 0 Å². The van der Waals surface area contributed by atoms with Crippen molar-refractivity contribution in [1.29, 1.82) is 0 Å². The van der Waals surface area contributed by atoms with Gasteiger partial charge in [-0.3, -0.25) is 0 Å². The Hall–Kier alpha value is 0.0500. The first-order chi connectivity index (χ1) is 7.04. The van der Waals surface area contributed by atoms with E-state index in [1.54, 1.807) is 0 Å². The molecule has 0 amide bonds. The van der Waals surface area contributed by atoms with Crippen molar-refractivity contribution in [3.8, 4) is 0 Å². The highest BCUT2D eigenvalue weighted by molar-refractivity contribution is 6.53. The summed E-state index contributed by atoms with van der Waals surface area (Å²) in [5.41, 5.74) is 0.446. The van der Waals surface area contributed by atoms with Crippen LogP contribution in [0, 0.1) is 0 Å². The highest BCUT2D eigenvalue weighted by Gasteiger charge is 2.19. The Morgan fingerprint density at radius 3 is 2.00 bits per heavy atom. The zero-order chi connectivity index (χ0) is 11.6. The number of hydrogen-bond donors (Lipinski definition) is 0. The monoisotopic (exact) mass is 303 g/mol. The second-order valence-corrected chi connectivity index (χ2v) is 4.20. The minimum Gasteiger partial charge on any atom is -0.211 e. The van der Waals surface area contributed by atoms with Crippen molar-refractivity contribution in [2.24, 2.45) is 4.99 Å². The Morgan fingerprint density at radius 2 is 1.53 bits per heavy atom. The van der Waals surface area contributed by atoms with Crippen molar-refractivity contribution in [3.05, 3.63) is 25.7 Å². The SMILES string of the molecule is O=C=Nc1c(Cl)c(Cl)c(Cl)c(Cl)c1CCl. The molecule has 0 radical (unpaired) electrons. The van der Waals surface area contributed by atoms with Crippen molar-refractivity contribution in [3.63, 3.8) is 0 Å². The molecule has 2 nitrogen and oxygen atoms in total. The smallest absolute Gasteiger partial charge is 0.211 e. The molecular weight excluding hydrogens is 303 g/mol. The highest BCUT2D eigenvalue weighted by atomic mass is 35.5. The topological polar surface area (TPSA) is 29.4 Å². The summed E-state index contributed by atoms with van der Waals surface area (Å²) in [4.78, 5) is 13.6. The van der Waals surface area contributed by atoms with Crippen molar-refractivity contribution in [2.45, 2.75) is 5.88 Å². The maximum Gasteiger partial charge on any atom is 0.240 e. The van der Waals surface area contributed by atoms with Crippen LogP contribution in [0.15, 0.2) is 4.99 Å². The molecule has 0 aromatic heterocycles. The number of nitrogens with zero attached hydrogens (tertiary/aromatic N) is 1. The molecule has 0 saturated heterocycles. The molecule has 0 N–H and O–H groups in total. The van der Waals surface area contributed by atoms with Crippen LogP contribution in [0.5, 0.6) is 0 Å². The largest absolute Gasteiger partial charge is 0.240 e. The second-order valence-electron chi connectivity index (χ2n) is 2.42. The van der Waals surface area contributed by atoms with Crippen LogP contribution >= 0.6 is 58.0 Å². The Balaban J connectivity index is 3.69. The van der Waals surface area contributed by atoms with Gasteiger partial charge >= 0.3 is 0 Å². The molecule has 7 heteroatoms. The third-order valence-electron chi connectivity index (χ3n) is 1.63. The number of carbonyl (C=O) groups excluding carboxylic acids is 1. The number of benzene rings is 1. The molecule has 1 rings (SSSR count). The molecule has 0 heterocycles. The summed E-state index contributed by atoms with van der Waals surface area (Å²) in [5, 5.41) is 0.287. The lowest BCUT2D eigenvalue weighted by atomic mass is 10.2. The first kappa shape index (κ1) is 13.1. The molecule has 80 valence electrons. The Morgan fingerprint density at radius 1 is 1.00 bits per heavy atom. The highest BCUT2D eigenvalue weighted by Crippen LogP contribution is 2.45. The van der Waals surface area contributed by atoms with Gasteiger partial charge in [0.15, 0.2) is 0 Å². The zero-order valence-corrected chi connectivity index (χ0v) is 10.7. The molecule has 0 bridgehead atoms. The van der Waals surface area contributed by atoms with E-state index in [4.69, 9.17) is 58.0 Å². The molecule has 15 heavy (non-hydrogen) atoms. The van der Waals surface area contributed by atoms with Gasteiger partial charge in [0, 0.05) is 5.56 Å². The van der Waals surface area contributed by atoms with E-state index in [-0.39, 0.29) is 31.7 Å². The molecule has 1 aromatic carbocycles. The summed E-state index contributed by atoms with van der Waals surface area (Å²) in [7, 11) is 0. The first-order valence-corrected chi connectivity index (χ1v) is 5.57. The van der Waals surface area contributed by atoms with E-state index in [0.717, 1.165) is 0 Å². The number of halogens is 5. The first-order valence-electron chi connectivity index (χ1n) is 3.53. The molecule has 1 aromatic rings. The molecule has 0 fully saturated rings. The van der Waals surface area contributed by atoms with Crippen LogP contribution in [-0.4, -0.2) is 6.08 Å². The molecule has 0 unspecified atom stereocenters. The standard InChI is InChI=1S/C8H2Cl5NO/c9-1-3-4(10)5(11)6(12)7(13)8(3)14-2-15/h1H2. The van der Waals surface area contributed by atoms with E-state index >= 15 is 0 Å². The van der Waals surface area contributed by atoms with Crippen LogP contribution in [-0.2, 0) is 10.7 Å². The van der Waals surface area contributed by atoms with Crippen molar-refractivity contribution >= 4 is 69.8 Å². The normalized spacial score (nSPS) is 9.93. The van der Waals surface area contributed by atoms with Crippen molar-refractivity contribution < 1.29 is 4.79 Å². The predicted octanol–water partition coefficient (Wildman–Crippen LogP) is 5.01. The van der Waals surface area contributed by atoms with Gasteiger partial charge in [-0.1, -0.05) is 46.4 Å². The van der Waals surface area contributed by atoms with Crippen molar-refractivity contribution in [2.75, 3.05) is 0 Å². The maximum absolute atomic E-state index is 10.2. The van der Waals surface area contributed by atoms with Crippen molar-refractivity contribution in [1.82, 2.24) is 0 Å². The Bertz CT molecular complexity index is 453. The molecular formula is C8H2Cl5NO. The number of isocyanates is 1. The molecule has 0 aliphatic heterocycles. The van der Waals surface area contributed by atoms with Gasteiger partial charge in [-0.05, 0) is 0 Å². The fraction of sp³-hybridized carbons (Fsp3) is 0.125. The van der Waals surface area contributed by atoms with Gasteiger partial charge in [0.25, 0.3) is 0 Å². The molecule has 0 aliphatic carbocycles. The molecule has 0 aliphatic rings. The summed E-state index contributed by atoms with van der Waals surface area (Å²) < 4.78 is 0. The van der Waals surface area contributed by atoms with E-state index in [1.807, 2.05) is 0 Å². The van der Waals surface area contributed by atoms with Crippen LogP contribution in [0.2, 0.25) is 20.1 Å². The van der Waals surface area contributed by atoms with Gasteiger partial charge in [-0.2, -0.15) is 4.99 Å². The third-order valence-corrected chi connectivity index (χ3v) is 3.73. The maximum atomic E-state index is 10.2. The fourth-order valence-electron chi connectivity index (χ4n) is 0.950. The number of rotatable bonds is 2. The van der Waals surface area contributed by atoms with Crippen LogP contribution < -0.4 is 0 Å². The second kappa shape index (κ2) is 5.40. The summed E-state index contributed by atoms with van der Waals surface area (Å²) in [6, 6.07) is 0. The van der Waals surface area contributed by atoms with E-state index < -0.39 is 0 Å². The van der Waals surface area contributed by atoms with Crippen LogP contribution in [0.1, 0.15) is 5.56 Å². The lowest BCUT2D eigenvalue weighted by Crippen LogP contribution is -1.87. The van der Waals surface area contributed by atoms with E-state index in [0.29, 0.717) is 5.56 Å². The summed E-state index contributed by atoms with van der Waals surface area (Å²) in [6.45, 7) is 0. The average molecular weight is 305 g/mol. The minimum atomic E-state index is 0.00988. The zero-order valence-electron chi connectivity index (χ0n) is 6.95. The third kappa shape index (κ3) is 2.42. The lowest BCUT2D eigenvalue weighted by molar-refractivity contribution is 0.565. The van der Waals surface area contributed by atoms with Gasteiger partial charge in [0.05, 0.1) is 26.0 Å². The summed E-state index contributed by atoms with van der Waals surface area (Å²) in [5.74, 6) is 0.00988. The van der Waals surface area contributed by atoms with Gasteiger partial charge in [-0.25, -0.2) is 4.79 Å². The van der Waals surface area contributed by atoms with Gasteiger partial charge in [0.2, 0.25) is 6.08 Å². The molecule has 0 atom stereocenters. The Labute approximate surface area is 111 Å². The number of hydrogen-bond acceptors (Lipinski definition) is 2. The van der Waals surface area contributed by atoms with Crippen LogP contribution in [0.25, 0.3) is 0 Å². The quantitative estimate of drug-likeness (QED) is 0.248. The van der Waals surface area contributed by atoms with Gasteiger partial charge in [-0.15, -0.1) is 11.6 Å². The summed E-state index contributed by atoms with van der Waals surface area (Å²) in [6.07, 6.45) is 1.34. The predicted molar refractivity (Wildman–Crippen MR) is 63.8 cm³/mol. The fourth-order valence-corrected chi connectivity index (χ4v) is 2.27. The number of alkyl halides is 1. The molecule has 0 saturated carbocycles. The minimum absolute atomic E-state index is 0.00988. The van der Waals surface area contributed by atoms with Gasteiger partial charge in [0.1, 0.15) is 5.69 Å². The molecule has 0 spiro atoms. The number of aliphatic imine (C=N–C) groups is 1.